The molecule has 0 saturated heterocycles. The van der Waals surface area contributed by atoms with Crippen LogP contribution in [0.5, 0.6) is 0 Å². The molecule has 0 spiro atoms. The van der Waals surface area contributed by atoms with Gasteiger partial charge in [0.2, 0.25) is 0 Å². The Morgan fingerprint density at radius 2 is 1.37 bits per heavy atom. The normalized spacial score (nSPS) is 12.5. The topological polar surface area (TPSA) is 17.1 Å². The van der Waals surface area contributed by atoms with Crippen LogP contribution in [-0.2, 0) is 10.0 Å². The van der Waals surface area contributed by atoms with Gasteiger partial charge in [0.15, 0.2) is 0 Å². The van der Waals surface area contributed by atoms with E-state index in [1.807, 2.05) is 42.5 Å². The van der Waals surface area contributed by atoms with Crippen molar-refractivity contribution in [1.29, 1.82) is 0 Å². The average molecular weight is 287 g/mol. The third kappa shape index (κ3) is 2.29. The second-order valence-electron chi connectivity index (χ2n) is 4.25. The summed E-state index contributed by atoms with van der Waals surface area (Å²) >= 11 is 0. The van der Waals surface area contributed by atoms with Gasteiger partial charge < -0.3 is 0 Å². The molecule has 3 heteroatoms. The molecule has 0 fully saturated rings. The lowest BCUT2D eigenvalue weighted by Crippen LogP contribution is -1.89. The number of hydrogen-bond donors (Lipinski definition) is 0. The molecule has 94 valence electrons. The van der Waals surface area contributed by atoms with E-state index >= 15 is 0 Å². The standard InChI is InChI=1S/C16H11ClOS/c17-19(18)16-11-4-3-9-15(16)14-10-5-7-12-6-1-2-8-13(12)14/h1-11H. The maximum absolute atomic E-state index is 11.7. The first kappa shape index (κ1) is 12.4. The van der Waals surface area contributed by atoms with Crippen LogP contribution in [0.3, 0.4) is 0 Å². The van der Waals surface area contributed by atoms with E-state index in [0.29, 0.717) is 4.90 Å². The van der Waals surface area contributed by atoms with E-state index in [4.69, 9.17) is 10.7 Å². The molecular weight excluding hydrogens is 276 g/mol. The van der Waals surface area contributed by atoms with Gasteiger partial charge in [-0.2, -0.15) is 0 Å². The summed E-state index contributed by atoms with van der Waals surface area (Å²) < 4.78 is 11.7. The quantitative estimate of drug-likeness (QED) is 0.620. The third-order valence-electron chi connectivity index (χ3n) is 3.14. The molecular formula is C16H11ClOS. The van der Waals surface area contributed by atoms with E-state index in [-0.39, 0.29) is 0 Å². The van der Waals surface area contributed by atoms with Crippen molar-refractivity contribution < 1.29 is 4.21 Å². The van der Waals surface area contributed by atoms with Crippen LogP contribution in [-0.4, -0.2) is 4.21 Å². The van der Waals surface area contributed by atoms with Crippen molar-refractivity contribution in [3.8, 4) is 11.1 Å². The number of halogens is 1. The molecule has 0 aliphatic heterocycles. The van der Waals surface area contributed by atoms with Crippen LogP contribution in [0.1, 0.15) is 0 Å². The molecule has 3 aromatic rings. The predicted molar refractivity (Wildman–Crippen MR) is 81.6 cm³/mol. The molecule has 3 aromatic carbocycles. The van der Waals surface area contributed by atoms with Crippen molar-refractivity contribution in [1.82, 2.24) is 0 Å². The van der Waals surface area contributed by atoms with Gasteiger partial charge in [0.05, 0.1) is 4.90 Å². The predicted octanol–water partition coefficient (Wildman–Crippen LogP) is 4.77. The lowest BCUT2D eigenvalue weighted by molar-refractivity contribution is 0.691. The average Bonchev–Trinajstić information content (AvgIpc) is 2.46. The zero-order chi connectivity index (χ0) is 13.2. The van der Waals surface area contributed by atoms with Gasteiger partial charge in [-0.15, -0.1) is 0 Å². The highest BCUT2D eigenvalue weighted by molar-refractivity contribution is 8.08. The zero-order valence-corrected chi connectivity index (χ0v) is 11.6. The van der Waals surface area contributed by atoms with Crippen molar-refractivity contribution in [3.63, 3.8) is 0 Å². The van der Waals surface area contributed by atoms with Gasteiger partial charge in [0.25, 0.3) is 0 Å². The van der Waals surface area contributed by atoms with Crippen LogP contribution in [0, 0.1) is 0 Å². The number of benzene rings is 3. The molecule has 0 heterocycles. The summed E-state index contributed by atoms with van der Waals surface area (Å²) in [5.41, 5.74) is 1.98. The molecule has 0 aliphatic carbocycles. The largest absolute Gasteiger partial charge is 0.237 e. The molecule has 0 aliphatic rings. The number of fused-ring (bicyclic) bond motifs is 1. The molecule has 0 saturated carbocycles. The molecule has 0 bridgehead atoms. The summed E-state index contributed by atoms with van der Waals surface area (Å²) in [6, 6.07) is 21.8. The minimum Gasteiger partial charge on any atom is -0.237 e. The molecule has 0 amide bonds. The Morgan fingerprint density at radius 1 is 0.737 bits per heavy atom. The van der Waals surface area contributed by atoms with Crippen molar-refractivity contribution in [2.75, 3.05) is 0 Å². The SMILES string of the molecule is O=S(Cl)c1ccccc1-c1cccc2ccccc12. The van der Waals surface area contributed by atoms with Gasteiger partial charge in [0, 0.05) is 0 Å². The van der Waals surface area contributed by atoms with Gasteiger partial charge in [0.1, 0.15) is 10.0 Å². The van der Waals surface area contributed by atoms with E-state index in [1.54, 1.807) is 6.07 Å². The van der Waals surface area contributed by atoms with Crippen molar-refractivity contribution in [3.05, 3.63) is 66.7 Å². The summed E-state index contributed by atoms with van der Waals surface area (Å²) in [7, 11) is 4.27. The Hall–Kier alpha value is -1.64. The van der Waals surface area contributed by atoms with Crippen LogP contribution < -0.4 is 0 Å². The van der Waals surface area contributed by atoms with Gasteiger partial charge in [-0.3, -0.25) is 0 Å². The Balaban J connectivity index is 2.34. The summed E-state index contributed by atoms with van der Waals surface area (Å²) in [4.78, 5) is 0.653. The molecule has 3 rings (SSSR count). The van der Waals surface area contributed by atoms with Crippen LogP contribution in [0.25, 0.3) is 21.9 Å². The lowest BCUT2D eigenvalue weighted by Gasteiger charge is -2.09. The highest BCUT2D eigenvalue weighted by Gasteiger charge is 2.11. The summed E-state index contributed by atoms with van der Waals surface area (Å²) in [6.07, 6.45) is 0. The van der Waals surface area contributed by atoms with Gasteiger partial charge in [-0.05, 0) is 38.6 Å². The van der Waals surface area contributed by atoms with Crippen LogP contribution >= 0.6 is 10.7 Å². The Bertz CT molecular complexity index is 762. The first-order valence-electron chi connectivity index (χ1n) is 5.92. The molecule has 0 radical (unpaired) electrons. The fourth-order valence-electron chi connectivity index (χ4n) is 2.29. The second-order valence-corrected chi connectivity index (χ2v) is 5.97. The van der Waals surface area contributed by atoms with Crippen LogP contribution in [0.4, 0.5) is 0 Å². The van der Waals surface area contributed by atoms with Gasteiger partial charge in [-0.1, -0.05) is 60.7 Å². The molecule has 19 heavy (non-hydrogen) atoms. The minimum atomic E-state index is -1.51. The Kier molecular flexibility index (Phi) is 3.36. The van der Waals surface area contributed by atoms with Gasteiger partial charge in [-0.25, -0.2) is 4.21 Å². The molecule has 1 unspecified atom stereocenters. The van der Waals surface area contributed by atoms with Crippen LogP contribution in [0.15, 0.2) is 71.6 Å². The smallest absolute Gasteiger partial charge is 0.148 e. The van der Waals surface area contributed by atoms with Gasteiger partial charge >= 0.3 is 0 Å². The fourth-order valence-corrected chi connectivity index (χ4v) is 3.23. The Labute approximate surface area is 118 Å². The maximum Gasteiger partial charge on any atom is 0.148 e. The number of hydrogen-bond acceptors (Lipinski definition) is 1. The number of rotatable bonds is 2. The van der Waals surface area contributed by atoms with E-state index in [0.717, 1.165) is 21.9 Å². The lowest BCUT2D eigenvalue weighted by atomic mass is 9.98. The molecule has 1 nitrogen and oxygen atoms in total. The van der Waals surface area contributed by atoms with E-state index in [9.17, 15) is 4.21 Å². The zero-order valence-electron chi connectivity index (χ0n) is 10.0. The summed E-state index contributed by atoms with van der Waals surface area (Å²) in [5, 5.41) is 2.30. The maximum atomic E-state index is 11.7. The molecule has 0 aromatic heterocycles. The van der Waals surface area contributed by atoms with Crippen molar-refractivity contribution >= 4 is 31.5 Å². The third-order valence-corrected chi connectivity index (χ3v) is 4.34. The minimum absolute atomic E-state index is 0.653. The van der Waals surface area contributed by atoms with Crippen molar-refractivity contribution in [2.24, 2.45) is 0 Å². The second kappa shape index (κ2) is 5.16. The Morgan fingerprint density at radius 3 is 2.21 bits per heavy atom. The van der Waals surface area contributed by atoms with Crippen molar-refractivity contribution in [2.45, 2.75) is 4.90 Å². The monoisotopic (exact) mass is 286 g/mol. The van der Waals surface area contributed by atoms with E-state index < -0.39 is 10.0 Å². The highest BCUT2D eigenvalue weighted by atomic mass is 35.7. The summed E-state index contributed by atoms with van der Waals surface area (Å²) in [5.74, 6) is 0. The first-order chi connectivity index (χ1) is 9.27. The first-order valence-corrected chi connectivity index (χ1v) is 7.90. The molecule has 1 atom stereocenters. The fraction of sp³-hybridized carbons (Fsp3) is 0. The summed E-state index contributed by atoms with van der Waals surface area (Å²) in [6.45, 7) is 0. The molecule has 0 N–H and O–H groups in total. The van der Waals surface area contributed by atoms with Crippen LogP contribution in [0.2, 0.25) is 0 Å². The van der Waals surface area contributed by atoms with E-state index in [1.165, 1.54) is 0 Å². The highest BCUT2D eigenvalue weighted by Crippen LogP contribution is 2.32. The van der Waals surface area contributed by atoms with E-state index in [2.05, 4.69) is 18.2 Å².